The Bertz CT molecular complexity index is 758. The first-order valence-electron chi connectivity index (χ1n) is 6.55. The molecule has 0 atom stereocenters. The number of aryl methyl sites for hydroxylation is 1. The van der Waals surface area contributed by atoms with E-state index in [0.29, 0.717) is 0 Å². The fourth-order valence-electron chi connectivity index (χ4n) is 2.70. The Hall–Kier alpha value is -0.910. The molecule has 0 fully saturated rings. The van der Waals surface area contributed by atoms with Crippen LogP contribution in [-0.2, 0) is 0 Å². The Morgan fingerprint density at radius 2 is 2.20 bits per heavy atom. The van der Waals surface area contributed by atoms with Crippen LogP contribution in [0.3, 0.4) is 0 Å². The standard InChI is InChI=1S/C15H14N2S3/c1-9-7-11-8-10(3-4-12(11)19-9)13-14(18-2)20-15-16-5-6-17(13)15/h3-4,7-8H,5-6H2,1-2H3. The van der Waals surface area contributed by atoms with E-state index in [9.17, 15) is 0 Å². The van der Waals surface area contributed by atoms with Gasteiger partial charge in [0.1, 0.15) is 0 Å². The van der Waals surface area contributed by atoms with E-state index < -0.39 is 0 Å². The Morgan fingerprint density at radius 1 is 1.30 bits per heavy atom. The third-order valence-electron chi connectivity index (χ3n) is 3.55. The van der Waals surface area contributed by atoms with Crippen LogP contribution in [-0.4, -0.2) is 29.4 Å². The second kappa shape index (κ2) is 4.83. The molecule has 0 saturated carbocycles. The smallest absolute Gasteiger partial charge is 0.169 e. The van der Waals surface area contributed by atoms with Crippen LogP contribution in [0, 0.1) is 6.92 Å². The molecule has 5 heteroatoms. The van der Waals surface area contributed by atoms with Gasteiger partial charge in [0.15, 0.2) is 5.17 Å². The van der Waals surface area contributed by atoms with Crippen molar-refractivity contribution in [1.29, 1.82) is 0 Å². The van der Waals surface area contributed by atoms with E-state index in [1.165, 1.54) is 35.6 Å². The maximum absolute atomic E-state index is 4.59. The molecule has 1 aromatic heterocycles. The van der Waals surface area contributed by atoms with Gasteiger partial charge < -0.3 is 4.90 Å². The number of rotatable bonds is 2. The van der Waals surface area contributed by atoms with Crippen molar-refractivity contribution in [3.05, 3.63) is 38.9 Å². The summed E-state index contributed by atoms with van der Waals surface area (Å²) in [5, 5.41) is 2.53. The quantitative estimate of drug-likeness (QED) is 0.803. The lowest BCUT2D eigenvalue weighted by molar-refractivity contribution is 0.649. The fourth-order valence-corrected chi connectivity index (χ4v) is 5.52. The average molecular weight is 318 g/mol. The zero-order chi connectivity index (χ0) is 13.7. The van der Waals surface area contributed by atoms with Crippen molar-refractivity contribution in [3.63, 3.8) is 0 Å². The molecule has 0 aliphatic carbocycles. The number of fused-ring (bicyclic) bond motifs is 2. The molecule has 0 bridgehead atoms. The molecule has 2 aromatic rings. The summed E-state index contributed by atoms with van der Waals surface area (Å²) in [6.07, 6.45) is 2.15. The van der Waals surface area contributed by atoms with Gasteiger partial charge in [0, 0.05) is 21.7 Å². The number of amidine groups is 1. The molecule has 1 aromatic carbocycles. The molecule has 0 unspecified atom stereocenters. The van der Waals surface area contributed by atoms with Crippen molar-refractivity contribution in [1.82, 2.24) is 4.90 Å². The second-order valence-electron chi connectivity index (χ2n) is 4.87. The monoisotopic (exact) mass is 318 g/mol. The minimum absolute atomic E-state index is 0.924. The number of benzene rings is 1. The van der Waals surface area contributed by atoms with Gasteiger partial charge in [0.2, 0.25) is 0 Å². The largest absolute Gasteiger partial charge is 0.317 e. The van der Waals surface area contributed by atoms with Crippen molar-refractivity contribution in [3.8, 4) is 0 Å². The van der Waals surface area contributed by atoms with Crippen LogP contribution in [0.25, 0.3) is 15.8 Å². The molecular weight excluding hydrogens is 304 g/mol. The van der Waals surface area contributed by atoms with E-state index in [1.807, 2.05) is 34.9 Å². The van der Waals surface area contributed by atoms with Gasteiger partial charge in [-0.2, -0.15) is 0 Å². The fraction of sp³-hybridized carbons (Fsp3) is 0.267. The van der Waals surface area contributed by atoms with Crippen LogP contribution < -0.4 is 0 Å². The third kappa shape index (κ3) is 1.91. The highest BCUT2D eigenvalue weighted by Crippen LogP contribution is 2.46. The zero-order valence-electron chi connectivity index (χ0n) is 11.3. The van der Waals surface area contributed by atoms with Crippen LogP contribution in [0.15, 0.2) is 33.5 Å². The molecule has 0 radical (unpaired) electrons. The number of nitrogens with zero attached hydrogens (tertiary/aromatic N) is 2. The number of aliphatic imine (C=N–C) groups is 1. The third-order valence-corrected chi connectivity index (χ3v) is 6.80. The summed E-state index contributed by atoms with van der Waals surface area (Å²) in [7, 11) is 0. The Labute approximate surface area is 131 Å². The van der Waals surface area contributed by atoms with Gasteiger partial charge >= 0.3 is 0 Å². The highest BCUT2D eigenvalue weighted by atomic mass is 32.2. The Balaban J connectivity index is 1.86. The molecule has 0 saturated heterocycles. The maximum atomic E-state index is 4.59. The molecule has 2 aliphatic heterocycles. The summed E-state index contributed by atoms with van der Waals surface area (Å²) in [6.45, 7) is 4.11. The molecule has 0 N–H and O–H groups in total. The van der Waals surface area contributed by atoms with Crippen molar-refractivity contribution < 1.29 is 0 Å². The first-order valence-corrected chi connectivity index (χ1v) is 9.41. The number of hydrogen-bond acceptors (Lipinski definition) is 5. The maximum Gasteiger partial charge on any atom is 0.169 e. The highest BCUT2D eigenvalue weighted by molar-refractivity contribution is 8.30. The first kappa shape index (κ1) is 12.8. The molecule has 4 rings (SSSR count). The lowest BCUT2D eigenvalue weighted by atomic mass is 10.1. The van der Waals surface area contributed by atoms with E-state index in [1.54, 1.807) is 0 Å². The van der Waals surface area contributed by atoms with Crippen molar-refractivity contribution in [2.45, 2.75) is 6.92 Å². The highest BCUT2D eigenvalue weighted by Gasteiger charge is 2.32. The molecule has 102 valence electrons. The number of thioether (sulfide) groups is 2. The lowest BCUT2D eigenvalue weighted by Gasteiger charge is -2.17. The van der Waals surface area contributed by atoms with Crippen LogP contribution in [0.5, 0.6) is 0 Å². The van der Waals surface area contributed by atoms with Gasteiger partial charge in [-0.25, -0.2) is 0 Å². The minimum Gasteiger partial charge on any atom is -0.317 e. The lowest BCUT2D eigenvalue weighted by Crippen LogP contribution is -2.19. The van der Waals surface area contributed by atoms with Crippen LogP contribution in [0.4, 0.5) is 0 Å². The van der Waals surface area contributed by atoms with E-state index in [4.69, 9.17) is 0 Å². The predicted octanol–water partition coefficient (Wildman–Crippen LogP) is 4.62. The average Bonchev–Trinajstić information content (AvgIpc) is 3.08. The van der Waals surface area contributed by atoms with E-state index in [0.717, 1.165) is 13.1 Å². The molecule has 0 amide bonds. The van der Waals surface area contributed by atoms with Crippen molar-refractivity contribution in [2.24, 2.45) is 4.99 Å². The van der Waals surface area contributed by atoms with Crippen LogP contribution in [0.2, 0.25) is 0 Å². The van der Waals surface area contributed by atoms with E-state index >= 15 is 0 Å². The summed E-state index contributed by atoms with van der Waals surface area (Å²) in [4.78, 5) is 8.34. The molecule has 2 nitrogen and oxygen atoms in total. The molecule has 3 heterocycles. The van der Waals surface area contributed by atoms with Gasteiger partial charge in [0.25, 0.3) is 0 Å². The van der Waals surface area contributed by atoms with Gasteiger partial charge in [-0.1, -0.05) is 6.07 Å². The SMILES string of the molecule is CSC1=C(c2ccc3sc(C)cc3c2)N2CCN=C2S1. The number of hydrogen-bond donors (Lipinski definition) is 0. The predicted molar refractivity (Wildman–Crippen MR) is 93.6 cm³/mol. The molecule has 2 aliphatic rings. The van der Waals surface area contributed by atoms with Crippen molar-refractivity contribution in [2.75, 3.05) is 19.3 Å². The van der Waals surface area contributed by atoms with Crippen LogP contribution in [0.1, 0.15) is 10.4 Å². The second-order valence-corrected chi connectivity index (χ2v) is 8.21. The molecule has 20 heavy (non-hydrogen) atoms. The molecular formula is C15H14N2S3. The van der Waals surface area contributed by atoms with Gasteiger partial charge in [0.05, 0.1) is 16.5 Å². The normalized spacial score (nSPS) is 18.1. The topological polar surface area (TPSA) is 15.6 Å². The van der Waals surface area contributed by atoms with Gasteiger partial charge in [-0.15, -0.1) is 23.1 Å². The summed E-state index contributed by atoms with van der Waals surface area (Å²) in [5.41, 5.74) is 2.67. The van der Waals surface area contributed by atoms with Gasteiger partial charge in [-0.05, 0) is 48.5 Å². The first-order chi connectivity index (χ1) is 9.76. The van der Waals surface area contributed by atoms with Crippen molar-refractivity contribution >= 4 is 55.8 Å². The summed E-state index contributed by atoms with van der Waals surface area (Å²) < 4.78 is 2.74. The van der Waals surface area contributed by atoms with E-state index in [-0.39, 0.29) is 0 Å². The summed E-state index contributed by atoms with van der Waals surface area (Å²) in [6, 6.07) is 9.12. The molecule has 0 spiro atoms. The van der Waals surface area contributed by atoms with Gasteiger partial charge in [-0.3, -0.25) is 4.99 Å². The number of thiophene rings is 1. The minimum atomic E-state index is 0.924. The summed E-state index contributed by atoms with van der Waals surface area (Å²) in [5.74, 6) is 0. The summed E-state index contributed by atoms with van der Waals surface area (Å²) >= 11 is 5.51. The van der Waals surface area contributed by atoms with Crippen LogP contribution >= 0.6 is 34.9 Å². The zero-order valence-corrected chi connectivity index (χ0v) is 13.8. The van der Waals surface area contributed by atoms with E-state index in [2.05, 4.69) is 47.3 Å². The Kier molecular flexibility index (Phi) is 3.09. The Morgan fingerprint density at radius 3 is 3.05 bits per heavy atom.